The summed E-state index contributed by atoms with van der Waals surface area (Å²) in [6.45, 7) is 4.49. The molecule has 0 radical (unpaired) electrons. The number of carbonyl (C=O) groups is 1. The summed E-state index contributed by atoms with van der Waals surface area (Å²) in [5, 5.41) is 4.18. The SMILES string of the molecule is COc1ccc(CN(C)C(=O)c2cc(C(C)C)n3ncnc3n2)cc1OC. The van der Waals surface area contributed by atoms with Crippen molar-refractivity contribution in [3.05, 3.63) is 47.5 Å². The molecule has 2 heterocycles. The number of aromatic nitrogens is 4. The highest BCUT2D eigenvalue weighted by molar-refractivity contribution is 5.92. The van der Waals surface area contributed by atoms with Gasteiger partial charge in [0.1, 0.15) is 12.0 Å². The van der Waals surface area contributed by atoms with Crippen LogP contribution < -0.4 is 9.47 Å². The van der Waals surface area contributed by atoms with Gasteiger partial charge in [0.25, 0.3) is 11.7 Å². The van der Waals surface area contributed by atoms with Gasteiger partial charge in [-0.25, -0.2) is 9.50 Å². The number of amides is 1. The molecule has 0 aliphatic heterocycles. The van der Waals surface area contributed by atoms with Gasteiger partial charge in [-0.3, -0.25) is 4.79 Å². The standard InChI is InChI=1S/C19H23N5O3/c1-12(2)15-9-14(22-19-20-11-21-24(15)19)18(25)23(3)10-13-6-7-16(26-4)17(8-13)27-5/h6-9,11-12H,10H2,1-5H3. The highest BCUT2D eigenvalue weighted by Crippen LogP contribution is 2.28. The smallest absolute Gasteiger partial charge is 0.272 e. The highest BCUT2D eigenvalue weighted by atomic mass is 16.5. The fraction of sp³-hybridized carbons (Fsp3) is 0.368. The number of ether oxygens (including phenoxy) is 2. The molecule has 3 rings (SSSR count). The first-order valence-electron chi connectivity index (χ1n) is 8.61. The predicted octanol–water partition coefficient (Wildman–Crippen LogP) is 2.54. The number of nitrogens with zero attached hydrogens (tertiary/aromatic N) is 5. The number of hydrogen-bond donors (Lipinski definition) is 0. The summed E-state index contributed by atoms with van der Waals surface area (Å²) in [6.07, 6.45) is 1.44. The van der Waals surface area contributed by atoms with E-state index in [1.54, 1.807) is 36.7 Å². The van der Waals surface area contributed by atoms with Crippen molar-refractivity contribution in [2.45, 2.75) is 26.3 Å². The second kappa shape index (κ2) is 7.61. The Kier molecular flexibility index (Phi) is 5.25. The third-order valence-electron chi connectivity index (χ3n) is 4.30. The highest BCUT2D eigenvalue weighted by Gasteiger charge is 2.19. The molecule has 0 fully saturated rings. The zero-order valence-corrected chi connectivity index (χ0v) is 16.1. The Morgan fingerprint density at radius 2 is 1.93 bits per heavy atom. The Bertz CT molecular complexity index is 967. The van der Waals surface area contributed by atoms with E-state index in [9.17, 15) is 4.79 Å². The normalized spacial score (nSPS) is 11.0. The quantitative estimate of drug-likeness (QED) is 0.664. The molecule has 0 saturated heterocycles. The average Bonchev–Trinajstić information content (AvgIpc) is 3.14. The van der Waals surface area contributed by atoms with Crippen LogP contribution in [0.1, 0.15) is 41.5 Å². The summed E-state index contributed by atoms with van der Waals surface area (Å²) < 4.78 is 12.2. The van der Waals surface area contributed by atoms with Gasteiger partial charge in [-0.2, -0.15) is 10.1 Å². The molecular weight excluding hydrogens is 346 g/mol. The minimum atomic E-state index is -0.183. The zero-order valence-electron chi connectivity index (χ0n) is 16.1. The van der Waals surface area contributed by atoms with Crippen LogP contribution in [0.3, 0.4) is 0 Å². The van der Waals surface area contributed by atoms with Crippen molar-refractivity contribution in [1.29, 1.82) is 0 Å². The lowest BCUT2D eigenvalue weighted by Crippen LogP contribution is -2.27. The van der Waals surface area contributed by atoms with Crippen molar-refractivity contribution in [3.8, 4) is 11.5 Å². The molecule has 0 spiro atoms. The van der Waals surface area contributed by atoms with Crippen molar-refractivity contribution in [2.24, 2.45) is 0 Å². The summed E-state index contributed by atoms with van der Waals surface area (Å²) >= 11 is 0. The van der Waals surface area contributed by atoms with E-state index in [1.807, 2.05) is 32.0 Å². The first-order valence-corrected chi connectivity index (χ1v) is 8.61. The lowest BCUT2D eigenvalue weighted by molar-refractivity contribution is 0.0779. The van der Waals surface area contributed by atoms with Gasteiger partial charge >= 0.3 is 0 Å². The maximum Gasteiger partial charge on any atom is 0.272 e. The molecule has 2 aromatic heterocycles. The summed E-state index contributed by atoms with van der Waals surface area (Å²) in [6, 6.07) is 7.36. The van der Waals surface area contributed by atoms with Gasteiger partial charge in [0.05, 0.1) is 19.9 Å². The van der Waals surface area contributed by atoms with Crippen LogP contribution in [-0.4, -0.2) is 51.7 Å². The molecule has 27 heavy (non-hydrogen) atoms. The summed E-state index contributed by atoms with van der Waals surface area (Å²) in [7, 11) is 4.91. The Labute approximate surface area is 157 Å². The van der Waals surface area contributed by atoms with Gasteiger partial charge in [0.15, 0.2) is 11.5 Å². The lowest BCUT2D eigenvalue weighted by Gasteiger charge is -2.19. The van der Waals surface area contributed by atoms with Crippen molar-refractivity contribution >= 4 is 11.7 Å². The predicted molar refractivity (Wildman–Crippen MR) is 100 cm³/mol. The lowest BCUT2D eigenvalue weighted by atomic mass is 10.1. The van der Waals surface area contributed by atoms with E-state index in [0.29, 0.717) is 29.5 Å². The van der Waals surface area contributed by atoms with E-state index >= 15 is 0 Å². The number of methoxy groups -OCH3 is 2. The molecule has 0 atom stereocenters. The van der Waals surface area contributed by atoms with E-state index in [2.05, 4.69) is 15.1 Å². The van der Waals surface area contributed by atoms with Crippen molar-refractivity contribution < 1.29 is 14.3 Å². The Morgan fingerprint density at radius 1 is 1.19 bits per heavy atom. The van der Waals surface area contributed by atoms with Crippen LogP contribution in [0.15, 0.2) is 30.6 Å². The molecule has 8 nitrogen and oxygen atoms in total. The van der Waals surface area contributed by atoms with Gasteiger partial charge in [0, 0.05) is 13.6 Å². The third-order valence-corrected chi connectivity index (χ3v) is 4.30. The van der Waals surface area contributed by atoms with E-state index in [0.717, 1.165) is 11.3 Å². The van der Waals surface area contributed by atoms with E-state index in [-0.39, 0.29) is 11.8 Å². The second-order valence-electron chi connectivity index (χ2n) is 6.54. The van der Waals surface area contributed by atoms with Crippen LogP contribution in [0, 0.1) is 0 Å². The van der Waals surface area contributed by atoms with Gasteiger partial charge in [-0.15, -0.1) is 0 Å². The summed E-state index contributed by atoms with van der Waals surface area (Å²) in [5.74, 6) is 1.69. The molecule has 1 aromatic carbocycles. The third kappa shape index (κ3) is 3.69. The van der Waals surface area contributed by atoms with Crippen LogP contribution in [0.4, 0.5) is 0 Å². The Balaban J connectivity index is 1.86. The van der Waals surface area contributed by atoms with Crippen LogP contribution >= 0.6 is 0 Å². The molecular formula is C19H23N5O3. The Morgan fingerprint density at radius 3 is 2.59 bits per heavy atom. The van der Waals surface area contributed by atoms with Crippen LogP contribution in [0.2, 0.25) is 0 Å². The molecule has 0 aliphatic carbocycles. The van der Waals surface area contributed by atoms with Crippen molar-refractivity contribution in [1.82, 2.24) is 24.5 Å². The van der Waals surface area contributed by atoms with Gasteiger partial charge in [-0.1, -0.05) is 19.9 Å². The van der Waals surface area contributed by atoms with Crippen LogP contribution in [-0.2, 0) is 6.54 Å². The van der Waals surface area contributed by atoms with Gasteiger partial charge in [0.2, 0.25) is 0 Å². The minimum Gasteiger partial charge on any atom is -0.493 e. The second-order valence-corrected chi connectivity index (χ2v) is 6.54. The average molecular weight is 369 g/mol. The van der Waals surface area contributed by atoms with E-state index in [1.165, 1.54) is 6.33 Å². The maximum atomic E-state index is 12.9. The van der Waals surface area contributed by atoms with Gasteiger partial charge in [-0.05, 0) is 29.7 Å². The molecule has 142 valence electrons. The molecule has 1 amide bonds. The number of rotatable bonds is 6. The monoisotopic (exact) mass is 369 g/mol. The summed E-state index contributed by atoms with van der Waals surface area (Å²) in [4.78, 5) is 23.0. The number of benzene rings is 1. The first kappa shape index (κ1) is 18.6. The molecule has 0 bridgehead atoms. The topological polar surface area (TPSA) is 81.9 Å². The molecule has 0 aliphatic rings. The molecule has 0 N–H and O–H groups in total. The van der Waals surface area contributed by atoms with Crippen LogP contribution in [0.25, 0.3) is 5.78 Å². The largest absolute Gasteiger partial charge is 0.493 e. The maximum absolute atomic E-state index is 12.9. The number of carbonyl (C=O) groups excluding carboxylic acids is 1. The number of fused-ring (bicyclic) bond motifs is 1. The zero-order chi connectivity index (χ0) is 19.6. The molecule has 0 unspecified atom stereocenters. The fourth-order valence-electron chi connectivity index (χ4n) is 2.88. The van der Waals surface area contributed by atoms with E-state index < -0.39 is 0 Å². The molecule has 8 heteroatoms. The summed E-state index contributed by atoms with van der Waals surface area (Å²) in [5.41, 5.74) is 2.17. The molecule has 3 aromatic rings. The Hall–Kier alpha value is -3.16. The van der Waals surface area contributed by atoms with E-state index in [4.69, 9.17) is 9.47 Å². The van der Waals surface area contributed by atoms with Crippen molar-refractivity contribution in [2.75, 3.05) is 21.3 Å². The number of hydrogen-bond acceptors (Lipinski definition) is 6. The van der Waals surface area contributed by atoms with Gasteiger partial charge < -0.3 is 14.4 Å². The first-order chi connectivity index (χ1) is 12.9. The van der Waals surface area contributed by atoms with Crippen molar-refractivity contribution in [3.63, 3.8) is 0 Å². The fourth-order valence-corrected chi connectivity index (χ4v) is 2.88. The molecule has 0 saturated carbocycles. The minimum absolute atomic E-state index is 0.180. The van der Waals surface area contributed by atoms with Crippen LogP contribution in [0.5, 0.6) is 11.5 Å².